The van der Waals surface area contributed by atoms with Gasteiger partial charge in [0, 0.05) is 9.47 Å². The zero-order valence-corrected chi connectivity index (χ0v) is 18.5. The van der Waals surface area contributed by atoms with E-state index in [1.54, 1.807) is 0 Å². The van der Waals surface area contributed by atoms with Crippen molar-refractivity contribution in [1.82, 2.24) is 0 Å². The topological polar surface area (TPSA) is 9.23 Å². The fourth-order valence-electron chi connectivity index (χ4n) is 7.95. The van der Waals surface area contributed by atoms with E-state index in [2.05, 4.69) is 55.4 Å². The van der Waals surface area contributed by atoms with Gasteiger partial charge in [-0.15, -0.1) is 0 Å². The molecule has 2 unspecified atom stereocenters. The van der Waals surface area contributed by atoms with E-state index in [1.807, 2.05) is 5.57 Å². The molecule has 0 bridgehead atoms. The van der Waals surface area contributed by atoms with Gasteiger partial charge in [0.1, 0.15) is 0 Å². The first kappa shape index (κ1) is 19.2. The van der Waals surface area contributed by atoms with Crippen molar-refractivity contribution >= 4 is 9.47 Å². The molecule has 146 valence electrons. The van der Waals surface area contributed by atoms with E-state index in [1.165, 1.54) is 51.4 Å². The van der Waals surface area contributed by atoms with Gasteiger partial charge < -0.3 is 4.52 Å². The molecule has 3 fully saturated rings. The van der Waals surface area contributed by atoms with Gasteiger partial charge in [-0.2, -0.15) is 0 Å². The van der Waals surface area contributed by atoms with Crippen LogP contribution in [0.25, 0.3) is 0 Å². The van der Waals surface area contributed by atoms with Gasteiger partial charge in [-0.1, -0.05) is 44.6 Å². The molecule has 0 heterocycles. The van der Waals surface area contributed by atoms with E-state index in [-0.39, 0.29) is 0 Å². The van der Waals surface area contributed by atoms with Crippen LogP contribution in [0.4, 0.5) is 0 Å². The monoisotopic (exact) mass is 374 g/mol. The Hall–Kier alpha value is -0.130. The molecule has 0 aromatic rings. The minimum atomic E-state index is 0.455. The first-order chi connectivity index (χ1) is 12.4. The molecule has 0 amide bonds. The van der Waals surface area contributed by atoms with Crippen molar-refractivity contribution in [1.29, 1.82) is 0 Å². The lowest BCUT2D eigenvalue weighted by Gasteiger charge is -2.57. The van der Waals surface area contributed by atoms with E-state index >= 15 is 0 Å². The Labute approximate surface area is 163 Å². The van der Waals surface area contributed by atoms with Gasteiger partial charge >= 0.3 is 0 Å². The van der Waals surface area contributed by atoms with Gasteiger partial charge in [0.2, 0.25) is 0 Å². The second-order valence-corrected chi connectivity index (χ2v) is 10.6. The molecule has 0 aromatic carbocycles. The van der Waals surface area contributed by atoms with Crippen LogP contribution in [0.5, 0.6) is 0 Å². The van der Waals surface area contributed by atoms with Crippen LogP contribution in [0.15, 0.2) is 23.8 Å². The third-order valence-corrected chi connectivity index (χ3v) is 9.76. The van der Waals surface area contributed by atoms with Crippen LogP contribution in [-0.4, -0.2) is 6.10 Å². The van der Waals surface area contributed by atoms with Crippen LogP contribution in [0.2, 0.25) is 0 Å². The molecule has 3 saturated carbocycles. The summed E-state index contributed by atoms with van der Waals surface area (Å²) in [6.45, 7) is 9.88. The molecule has 0 aromatic heterocycles. The van der Waals surface area contributed by atoms with Crippen LogP contribution in [0.3, 0.4) is 0 Å². The van der Waals surface area contributed by atoms with E-state index in [9.17, 15) is 0 Å². The van der Waals surface area contributed by atoms with Crippen molar-refractivity contribution in [3.8, 4) is 0 Å². The van der Waals surface area contributed by atoms with E-state index in [0.29, 0.717) is 16.9 Å². The normalized spacial score (nSPS) is 49.3. The van der Waals surface area contributed by atoms with Crippen LogP contribution < -0.4 is 0 Å². The molecule has 4 aliphatic rings. The fraction of sp³-hybridized carbons (Fsp3) is 0.833. The summed E-state index contributed by atoms with van der Waals surface area (Å²) in [7, 11) is 2.52. The van der Waals surface area contributed by atoms with Crippen molar-refractivity contribution in [2.75, 3.05) is 0 Å². The Morgan fingerprint density at radius 2 is 2.00 bits per heavy atom. The van der Waals surface area contributed by atoms with Gasteiger partial charge in [0.05, 0.1) is 6.10 Å². The zero-order valence-electron chi connectivity index (χ0n) is 17.3. The number of allylic oxidation sites excluding steroid dienone is 4. The molecule has 2 heteroatoms. The Morgan fingerprint density at radius 1 is 1.19 bits per heavy atom. The SMILES string of the molecule is CC=C[C@@H](C)C1CC[C@H]2[C@@H]3CC[C@@H]4C[C@H](OP)CC[C@]4(C)C3=CC[C@]12C. The van der Waals surface area contributed by atoms with E-state index < -0.39 is 0 Å². The van der Waals surface area contributed by atoms with Crippen LogP contribution in [-0.2, 0) is 4.52 Å². The van der Waals surface area contributed by atoms with Gasteiger partial charge in [0.25, 0.3) is 0 Å². The molecule has 0 N–H and O–H groups in total. The van der Waals surface area contributed by atoms with Gasteiger partial charge in [-0.05, 0) is 98.7 Å². The fourth-order valence-corrected chi connectivity index (χ4v) is 8.20. The smallest absolute Gasteiger partial charge is 0.0614 e. The Bertz CT molecular complexity index is 595. The van der Waals surface area contributed by atoms with Gasteiger partial charge in [-0.25, -0.2) is 0 Å². The largest absolute Gasteiger partial charge is 0.362 e. The average molecular weight is 375 g/mol. The van der Waals surface area contributed by atoms with Gasteiger partial charge in [-0.3, -0.25) is 0 Å². The molecule has 0 saturated heterocycles. The molecule has 4 aliphatic carbocycles. The molecule has 9 atom stereocenters. The molecule has 4 rings (SSSR count). The minimum Gasteiger partial charge on any atom is -0.362 e. The predicted molar refractivity (Wildman–Crippen MR) is 114 cm³/mol. The second-order valence-electron chi connectivity index (χ2n) is 10.4. The van der Waals surface area contributed by atoms with Crippen LogP contribution in [0, 0.1) is 40.4 Å². The lowest BCUT2D eigenvalue weighted by Crippen LogP contribution is -2.48. The number of hydrogen-bond donors (Lipinski definition) is 0. The summed E-state index contributed by atoms with van der Waals surface area (Å²) >= 11 is 0. The lowest BCUT2D eigenvalue weighted by atomic mass is 9.48. The molecule has 0 spiro atoms. The molecule has 26 heavy (non-hydrogen) atoms. The summed E-state index contributed by atoms with van der Waals surface area (Å²) < 4.78 is 5.66. The van der Waals surface area contributed by atoms with Crippen LogP contribution >= 0.6 is 9.47 Å². The summed E-state index contributed by atoms with van der Waals surface area (Å²) in [5, 5.41) is 0. The summed E-state index contributed by atoms with van der Waals surface area (Å²) in [5.74, 6) is 4.23. The summed E-state index contributed by atoms with van der Waals surface area (Å²) in [5.41, 5.74) is 2.85. The summed E-state index contributed by atoms with van der Waals surface area (Å²) in [6.07, 6.45) is 18.9. The average Bonchev–Trinajstić information content (AvgIpc) is 2.98. The summed E-state index contributed by atoms with van der Waals surface area (Å²) in [6, 6.07) is 0. The number of hydrogen-bond acceptors (Lipinski definition) is 1. The molecular formula is C24H39OP. The van der Waals surface area contributed by atoms with Crippen LogP contribution in [0.1, 0.15) is 79.1 Å². The van der Waals surface area contributed by atoms with Crippen molar-refractivity contribution in [3.63, 3.8) is 0 Å². The van der Waals surface area contributed by atoms with Crippen molar-refractivity contribution < 1.29 is 4.52 Å². The number of rotatable bonds is 3. The maximum atomic E-state index is 5.66. The molecular weight excluding hydrogens is 335 g/mol. The standard InChI is InChI=1S/C24H39OP/c1-5-6-16(2)20-9-10-21-19-8-7-17-15-18(25-26)11-13-23(17,3)22(19)12-14-24(20,21)4/h5-6,12,16-21H,7-11,13-15,26H2,1-4H3/t16-,17-,18-,19+,20?,21+,23+,24-/m1/s1. The Kier molecular flexibility index (Phi) is 5.20. The van der Waals surface area contributed by atoms with Crippen molar-refractivity contribution in [2.45, 2.75) is 85.2 Å². The Morgan fingerprint density at radius 3 is 2.73 bits per heavy atom. The third kappa shape index (κ3) is 2.79. The highest BCUT2D eigenvalue weighted by molar-refractivity contribution is 7.09. The van der Waals surface area contributed by atoms with Crippen molar-refractivity contribution in [3.05, 3.63) is 23.8 Å². The molecule has 0 aliphatic heterocycles. The number of fused-ring (bicyclic) bond motifs is 5. The van der Waals surface area contributed by atoms with Gasteiger partial charge in [0.15, 0.2) is 0 Å². The highest BCUT2D eigenvalue weighted by Gasteiger charge is 2.57. The maximum absolute atomic E-state index is 5.66. The van der Waals surface area contributed by atoms with E-state index in [0.717, 1.165) is 29.6 Å². The Balaban J connectivity index is 1.62. The minimum absolute atomic E-state index is 0.455. The molecule has 1 nitrogen and oxygen atoms in total. The zero-order chi connectivity index (χ0) is 18.5. The third-order valence-electron chi connectivity index (χ3n) is 9.37. The summed E-state index contributed by atoms with van der Waals surface area (Å²) in [4.78, 5) is 0. The highest BCUT2D eigenvalue weighted by Crippen LogP contribution is 2.66. The first-order valence-corrected chi connectivity index (χ1v) is 11.6. The van der Waals surface area contributed by atoms with E-state index in [4.69, 9.17) is 4.52 Å². The lowest BCUT2D eigenvalue weighted by molar-refractivity contribution is -0.00280. The predicted octanol–water partition coefficient (Wildman–Crippen LogP) is 6.95. The highest BCUT2D eigenvalue weighted by atomic mass is 31.0. The first-order valence-electron chi connectivity index (χ1n) is 11.1. The quantitative estimate of drug-likeness (QED) is 0.383. The maximum Gasteiger partial charge on any atom is 0.0614 e. The van der Waals surface area contributed by atoms with Crippen molar-refractivity contribution in [2.24, 2.45) is 40.4 Å². The molecule has 0 radical (unpaired) electrons. The second kappa shape index (κ2) is 7.04.